The van der Waals surface area contributed by atoms with Crippen LogP contribution in [0.3, 0.4) is 0 Å². The summed E-state index contributed by atoms with van der Waals surface area (Å²) in [5, 5.41) is 2.27. The van der Waals surface area contributed by atoms with Gasteiger partial charge in [0.15, 0.2) is 0 Å². The molecule has 1 aromatic rings. The van der Waals surface area contributed by atoms with E-state index in [-0.39, 0.29) is 13.2 Å². The number of halogens is 1. The molecule has 1 N–H and O–H groups in total. The van der Waals surface area contributed by atoms with E-state index in [4.69, 9.17) is 4.74 Å². The van der Waals surface area contributed by atoms with Crippen molar-refractivity contribution < 1.29 is 13.9 Å². The maximum absolute atomic E-state index is 11.6. The molecule has 76 valence electrons. The van der Waals surface area contributed by atoms with Crippen LogP contribution in [0.5, 0.6) is 0 Å². The molecule has 0 aliphatic rings. The molecule has 0 fully saturated rings. The molecule has 0 bridgehead atoms. The van der Waals surface area contributed by atoms with Gasteiger partial charge >= 0.3 is 6.09 Å². The minimum atomic E-state index is -0.591. The number of rotatable bonds is 4. The van der Waals surface area contributed by atoms with Gasteiger partial charge in [-0.2, -0.15) is 0 Å². The van der Waals surface area contributed by atoms with Gasteiger partial charge in [-0.25, -0.2) is 9.18 Å². The van der Waals surface area contributed by atoms with Crippen molar-refractivity contribution in [2.75, 3.05) is 13.2 Å². The van der Waals surface area contributed by atoms with Crippen LogP contribution >= 0.6 is 0 Å². The first-order valence-electron chi connectivity index (χ1n) is 4.33. The third kappa shape index (κ3) is 3.89. The highest BCUT2D eigenvalue weighted by Gasteiger charge is 2.00. The average molecular weight is 197 g/mol. The normalized spacial score (nSPS) is 9.50. The zero-order valence-corrected chi connectivity index (χ0v) is 7.70. The van der Waals surface area contributed by atoms with Gasteiger partial charge in [0.25, 0.3) is 0 Å². The highest BCUT2D eigenvalue weighted by molar-refractivity contribution is 5.67. The summed E-state index contributed by atoms with van der Waals surface area (Å²) >= 11 is 0. The summed E-state index contributed by atoms with van der Waals surface area (Å²) in [6, 6.07) is 9.30. The Morgan fingerprint density at radius 2 is 2.07 bits per heavy atom. The summed E-state index contributed by atoms with van der Waals surface area (Å²) in [6.45, 7) is -0.382. The van der Waals surface area contributed by atoms with E-state index < -0.39 is 12.8 Å². The molecule has 4 heteroatoms. The van der Waals surface area contributed by atoms with Gasteiger partial charge in [0, 0.05) is 6.54 Å². The molecule has 1 aromatic carbocycles. The van der Waals surface area contributed by atoms with E-state index in [1.54, 1.807) is 0 Å². The minimum Gasteiger partial charge on any atom is -0.445 e. The molecule has 3 nitrogen and oxygen atoms in total. The predicted octanol–water partition coefficient (Wildman–Crippen LogP) is 1.88. The van der Waals surface area contributed by atoms with Gasteiger partial charge < -0.3 is 10.1 Å². The summed E-state index contributed by atoms with van der Waals surface area (Å²) in [7, 11) is 0. The summed E-state index contributed by atoms with van der Waals surface area (Å²) in [4.78, 5) is 10.9. The molecule has 14 heavy (non-hydrogen) atoms. The number of alkyl halides is 1. The van der Waals surface area contributed by atoms with E-state index in [9.17, 15) is 9.18 Å². The Labute approximate surface area is 81.9 Å². The van der Waals surface area contributed by atoms with E-state index in [1.165, 1.54) is 0 Å². The van der Waals surface area contributed by atoms with Gasteiger partial charge in [0.1, 0.15) is 13.3 Å². The highest BCUT2D eigenvalue weighted by atomic mass is 19.1. The van der Waals surface area contributed by atoms with E-state index in [2.05, 4.69) is 5.32 Å². The van der Waals surface area contributed by atoms with Crippen LogP contribution in [0.1, 0.15) is 5.56 Å². The number of hydrogen-bond donors (Lipinski definition) is 1. The molecule has 0 radical (unpaired) electrons. The van der Waals surface area contributed by atoms with Crippen molar-refractivity contribution in [1.29, 1.82) is 0 Å². The maximum Gasteiger partial charge on any atom is 0.407 e. The monoisotopic (exact) mass is 197 g/mol. The second-order valence-electron chi connectivity index (χ2n) is 2.68. The molecule has 1 amide bonds. The molecule has 0 aromatic heterocycles. The zero-order chi connectivity index (χ0) is 10.2. The van der Waals surface area contributed by atoms with Crippen molar-refractivity contribution in [3.05, 3.63) is 35.9 Å². The quantitative estimate of drug-likeness (QED) is 0.800. The first kappa shape index (κ1) is 10.5. The fraction of sp³-hybridized carbons (Fsp3) is 0.300. The van der Waals surface area contributed by atoms with Gasteiger partial charge in [-0.3, -0.25) is 0 Å². The lowest BCUT2D eigenvalue weighted by Gasteiger charge is -2.04. The molecular weight excluding hydrogens is 185 g/mol. The standard InChI is InChI=1S/C10H12FNO2/c11-6-7-12-10(13)14-8-9-4-2-1-3-5-9/h1-5H,6-8H2,(H,12,13). The Morgan fingerprint density at radius 1 is 1.36 bits per heavy atom. The Bertz CT molecular complexity index is 277. The average Bonchev–Trinajstić information content (AvgIpc) is 2.25. The molecule has 0 heterocycles. The number of alkyl carbamates (subject to hydrolysis) is 1. The fourth-order valence-corrected chi connectivity index (χ4v) is 0.923. The van der Waals surface area contributed by atoms with Crippen molar-refractivity contribution in [2.24, 2.45) is 0 Å². The largest absolute Gasteiger partial charge is 0.445 e. The number of hydrogen-bond acceptors (Lipinski definition) is 2. The van der Waals surface area contributed by atoms with E-state index in [0.29, 0.717) is 0 Å². The molecule has 1 rings (SSSR count). The Morgan fingerprint density at radius 3 is 2.71 bits per heavy atom. The van der Waals surface area contributed by atoms with Crippen LogP contribution < -0.4 is 5.32 Å². The number of carbonyl (C=O) groups excluding carboxylic acids is 1. The van der Waals surface area contributed by atoms with Gasteiger partial charge in [-0.05, 0) is 5.56 Å². The van der Waals surface area contributed by atoms with Crippen LogP contribution in [-0.4, -0.2) is 19.3 Å². The zero-order valence-electron chi connectivity index (χ0n) is 7.70. The predicted molar refractivity (Wildman–Crippen MR) is 50.6 cm³/mol. The summed E-state index contributed by atoms with van der Waals surface area (Å²) < 4.78 is 16.5. The molecular formula is C10H12FNO2. The smallest absolute Gasteiger partial charge is 0.407 e. The Hall–Kier alpha value is -1.58. The number of benzene rings is 1. The van der Waals surface area contributed by atoms with Crippen LogP contribution in [0.25, 0.3) is 0 Å². The van der Waals surface area contributed by atoms with Crippen LogP contribution in [0.2, 0.25) is 0 Å². The van der Waals surface area contributed by atoms with E-state index in [0.717, 1.165) is 5.56 Å². The fourth-order valence-electron chi connectivity index (χ4n) is 0.923. The van der Waals surface area contributed by atoms with Crippen molar-refractivity contribution in [3.63, 3.8) is 0 Å². The van der Waals surface area contributed by atoms with Gasteiger partial charge in [0.05, 0.1) is 0 Å². The number of amides is 1. The number of ether oxygens (including phenoxy) is 1. The van der Waals surface area contributed by atoms with Crippen LogP contribution in [0.4, 0.5) is 9.18 Å². The Balaban J connectivity index is 2.24. The Kier molecular flexibility index (Phi) is 4.47. The lowest BCUT2D eigenvalue weighted by molar-refractivity contribution is 0.139. The van der Waals surface area contributed by atoms with Crippen molar-refractivity contribution in [1.82, 2.24) is 5.32 Å². The molecule has 0 aliphatic heterocycles. The van der Waals surface area contributed by atoms with E-state index >= 15 is 0 Å². The second-order valence-corrected chi connectivity index (χ2v) is 2.68. The molecule has 0 saturated carbocycles. The van der Waals surface area contributed by atoms with Gasteiger partial charge in [-0.15, -0.1) is 0 Å². The van der Waals surface area contributed by atoms with Gasteiger partial charge in [-0.1, -0.05) is 30.3 Å². The topological polar surface area (TPSA) is 38.3 Å². The number of carbonyl (C=O) groups is 1. The van der Waals surface area contributed by atoms with Crippen molar-refractivity contribution in [2.45, 2.75) is 6.61 Å². The highest BCUT2D eigenvalue weighted by Crippen LogP contribution is 2.00. The van der Waals surface area contributed by atoms with Gasteiger partial charge in [0.2, 0.25) is 0 Å². The summed E-state index contributed by atoms with van der Waals surface area (Å²) in [5.74, 6) is 0. The summed E-state index contributed by atoms with van der Waals surface area (Å²) in [6.07, 6.45) is -0.591. The van der Waals surface area contributed by atoms with Crippen LogP contribution in [0.15, 0.2) is 30.3 Å². The van der Waals surface area contributed by atoms with E-state index in [1.807, 2.05) is 30.3 Å². The minimum absolute atomic E-state index is 0.00633. The molecule has 0 aliphatic carbocycles. The second kappa shape index (κ2) is 5.96. The van der Waals surface area contributed by atoms with Crippen LogP contribution in [0, 0.1) is 0 Å². The van der Waals surface area contributed by atoms with Crippen LogP contribution in [-0.2, 0) is 11.3 Å². The third-order valence-corrected chi connectivity index (χ3v) is 1.58. The number of nitrogens with one attached hydrogen (secondary N) is 1. The molecule has 0 spiro atoms. The third-order valence-electron chi connectivity index (χ3n) is 1.58. The summed E-state index contributed by atoms with van der Waals surface area (Å²) in [5.41, 5.74) is 0.905. The lowest BCUT2D eigenvalue weighted by atomic mass is 10.2. The SMILES string of the molecule is O=C(NCCF)OCc1ccccc1. The first-order chi connectivity index (χ1) is 6.83. The lowest BCUT2D eigenvalue weighted by Crippen LogP contribution is -2.26. The molecule has 0 atom stereocenters. The first-order valence-corrected chi connectivity index (χ1v) is 4.33. The molecule has 0 saturated heterocycles. The van der Waals surface area contributed by atoms with Crippen molar-refractivity contribution in [3.8, 4) is 0 Å². The molecule has 0 unspecified atom stereocenters. The van der Waals surface area contributed by atoms with Crippen molar-refractivity contribution >= 4 is 6.09 Å². The maximum atomic E-state index is 11.6.